The molecular formula is C5H7+. The van der Waals surface area contributed by atoms with Gasteiger partial charge in [0.2, 0.25) is 0 Å². The molecule has 0 nitrogen and oxygen atoms in total. The van der Waals surface area contributed by atoms with Gasteiger partial charge in [0, 0.05) is 0 Å². The summed E-state index contributed by atoms with van der Waals surface area (Å²) in [6.45, 7) is 0. The molecule has 0 radical (unpaired) electrons. The molecule has 0 heterocycles. The molecule has 5 heavy (non-hydrogen) atoms. The molecule has 26 valence electrons. The summed E-state index contributed by atoms with van der Waals surface area (Å²) in [4.78, 5) is 0. The molecule has 0 amide bonds. The minimum atomic E-state index is 0. The maximum absolute atomic E-state index is 2.12. The van der Waals surface area contributed by atoms with Crippen molar-refractivity contribution in [3.8, 4) is 0 Å². The van der Waals surface area contributed by atoms with Crippen LogP contribution in [0.5, 0.6) is 0 Å². The molecule has 0 aromatic heterocycles. The molecule has 0 atom stereocenters. The van der Waals surface area contributed by atoms with E-state index in [0.717, 1.165) is 6.42 Å². The molecule has 0 heteroatoms. The summed E-state index contributed by atoms with van der Waals surface area (Å²) in [5, 5.41) is 0. The molecule has 0 aliphatic heterocycles. The lowest BCUT2D eigenvalue weighted by Crippen LogP contribution is -1.37. The van der Waals surface area contributed by atoms with Gasteiger partial charge < -0.3 is 0 Å². The van der Waals surface area contributed by atoms with Gasteiger partial charge in [-0.1, -0.05) is 24.3 Å². The van der Waals surface area contributed by atoms with E-state index in [1.165, 1.54) is 0 Å². The summed E-state index contributed by atoms with van der Waals surface area (Å²) in [7, 11) is 0. The Bertz CT molecular complexity index is 62.0. The van der Waals surface area contributed by atoms with Gasteiger partial charge in [0.25, 0.3) is 0 Å². The largest absolute Gasteiger partial charge is 1.00 e. The van der Waals surface area contributed by atoms with Crippen LogP contribution in [0.1, 0.15) is 7.85 Å². The minimum Gasteiger partial charge on any atom is -0.0808 e. The lowest BCUT2D eigenvalue weighted by molar-refractivity contribution is 1.45. The van der Waals surface area contributed by atoms with E-state index in [2.05, 4.69) is 24.3 Å². The molecule has 1 aliphatic carbocycles. The predicted octanol–water partition coefficient (Wildman–Crippen LogP) is 1.61. The predicted molar refractivity (Wildman–Crippen MR) is 24.0 cm³/mol. The minimum absolute atomic E-state index is 0. The topological polar surface area (TPSA) is 0 Å². The average Bonchev–Trinajstić information content (AvgIpc) is 1.76. The third-order valence-electron chi connectivity index (χ3n) is 0.655. The molecule has 0 N–H and O–H groups in total. The first kappa shape index (κ1) is 2.70. The fourth-order valence-corrected chi connectivity index (χ4v) is 0.393. The number of allylic oxidation sites excluding steroid dienone is 4. The first-order chi connectivity index (χ1) is 2.50. The van der Waals surface area contributed by atoms with Crippen LogP contribution in [0.15, 0.2) is 24.3 Å². The van der Waals surface area contributed by atoms with Crippen molar-refractivity contribution >= 4 is 0 Å². The van der Waals surface area contributed by atoms with Crippen LogP contribution in [0.25, 0.3) is 0 Å². The monoisotopic (exact) mass is 67.1 g/mol. The van der Waals surface area contributed by atoms with Crippen LogP contribution in [0.2, 0.25) is 0 Å². The molecular weight excluding hydrogens is 60.1 g/mol. The Kier molecular flexibility index (Phi) is 0.577. The van der Waals surface area contributed by atoms with Gasteiger partial charge in [0.05, 0.1) is 0 Å². The molecule has 0 saturated carbocycles. The molecule has 0 unspecified atom stereocenters. The van der Waals surface area contributed by atoms with Crippen molar-refractivity contribution in [3.05, 3.63) is 24.3 Å². The fraction of sp³-hybridized carbons (Fsp3) is 0.200. The second-order valence-corrected chi connectivity index (χ2v) is 1.09. The highest BCUT2D eigenvalue weighted by Crippen LogP contribution is 1.93. The normalized spacial score (nSPS) is 17.6. The van der Waals surface area contributed by atoms with Crippen LogP contribution in [-0.2, 0) is 0 Å². The van der Waals surface area contributed by atoms with Crippen molar-refractivity contribution in [2.24, 2.45) is 0 Å². The molecule has 1 rings (SSSR count). The number of rotatable bonds is 0. The molecule has 0 fully saturated rings. The van der Waals surface area contributed by atoms with Gasteiger partial charge in [-0.25, -0.2) is 0 Å². The number of hydrogen-bond acceptors (Lipinski definition) is 0. The van der Waals surface area contributed by atoms with Gasteiger partial charge in [0.15, 0.2) is 0 Å². The van der Waals surface area contributed by atoms with Gasteiger partial charge in [0.1, 0.15) is 0 Å². The van der Waals surface area contributed by atoms with Gasteiger partial charge in [-0.2, -0.15) is 0 Å². The van der Waals surface area contributed by atoms with Gasteiger partial charge >= 0.3 is 1.43 Å². The number of hydrogen-bond donors (Lipinski definition) is 0. The van der Waals surface area contributed by atoms with Crippen LogP contribution in [-0.4, -0.2) is 0 Å². The Balaban J connectivity index is 0.000000250. The standard InChI is InChI=1S/C5H6/c1-2-4-5-3-1/h1-4H,5H2/p+1. The van der Waals surface area contributed by atoms with E-state index in [-0.39, 0.29) is 1.43 Å². The maximum atomic E-state index is 2.12. The van der Waals surface area contributed by atoms with Crippen molar-refractivity contribution in [3.63, 3.8) is 0 Å². The Morgan fingerprint density at radius 1 is 1.20 bits per heavy atom. The van der Waals surface area contributed by atoms with E-state index in [9.17, 15) is 0 Å². The zero-order valence-electron chi connectivity index (χ0n) is 4.02. The van der Waals surface area contributed by atoms with Crippen molar-refractivity contribution in [1.29, 1.82) is 0 Å². The fourth-order valence-electron chi connectivity index (χ4n) is 0.393. The first-order valence-corrected chi connectivity index (χ1v) is 1.82. The Morgan fingerprint density at radius 3 is 2.00 bits per heavy atom. The zero-order chi connectivity index (χ0) is 3.54. The molecule has 0 aromatic carbocycles. The van der Waals surface area contributed by atoms with Crippen molar-refractivity contribution < 1.29 is 1.43 Å². The molecule has 0 bridgehead atoms. The van der Waals surface area contributed by atoms with Gasteiger partial charge in [-0.05, 0) is 6.42 Å². The highest BCUT2D eigenvalue weighted by Gasteiger charge is 1.72. The lowest BCUT2D eigenvalue weighted by atomic mass is 10.5. The van der Waals surface area contributed by atoms with Crippen LogP contribution >= 0.6 is 0 Å². The lowest BCUT2D eigenvalue weighted by Gasteiger charge is -1.57. The SMILES string of the molecule is C1=CCC=C1.[H+]. The highest BCUT2D eigenvalue weighted by atomic mass is 13.8. The van der Waals surface area contributed by atoms with E-state index in [1.807, 2.05) is 0 Å². The van der Waals surface area contributed by atoms with E-state index in [1.54, 1.807) is 0 Å². The maximum Gasteiger partial charge on any atom is 1.00 e. The Morgan fingerprint density at radius 2 is 1.80 bits per heavy atom. The quantitative estimate of drug-likeness (QED) is 0.404. The Hall–Kier alpha value is -0.520. The highest BCUT2D eigenvalue weighted by molar-refractivity contribution is 5.11. The van der Waals surface area contributed by atoms with Gasteiger partial charge in [-0.3, -0.25) is 0 Å². The Labute approximate surface area is 33.3 Å². The first-order valence-electron chi connectivity index (χ1n) is 1.82. The van der Waals surface area contributed by atoms with Crippen LogP contribution in [0, 0.1) is 0 Å². The van der Waals surface area contributed by atoms with Crippen molar-refractivity contribution in [2.75, 3.05) is 0 Å². The van der Waals surface area contributed by atoms with E-state index in [4.69, 9.17) is 0 Å². The third-order valence-corrected chi connectivity index (χ3v) is 0.655. The summed E-state index contributed by atoms with van der Waals surface area (Å²) in [6.07, 6.45) is 9.50. The van der Waals surface area contributed by atoms with Gasteiger partial charge in [-0.15, -0.1) is 0 Å². The van der Waals surface area contributed by atoms with E-state index in [0.29, 0.717) is 0 Å². The molecule has 0 saturated heterocycles. The van der Waals surface area contributed by atoms with Crippen molar-refractivity contribution in [2.45, 2.75) is 6.42 Å². The summed E-state index contributed by atoms with van der Waals surface area (Å²) in [5.41, 5.74) is 0. The zero-order valence-corrected chi connectivity index (χ0v) is 3.02. The van der Waals surface area contributed by atoms with Crippen LogP contribution in [0.3, 0.4) is 0 Å². The van der Waals surface area contributed by atoms with E-state index >= 15 is 0 Å². The van der Waals surface area contributed by atoms with Crippen molar-refractivity contribution in [1.82, 2.24) is 0 Å². The van der Waals surface area contributed by atoms with Crippen LogP contribution < -0.4 is 0 Å². The second-order valence-electron chi connectivity index (χ2n) is 1.09. The molecule has 1 aliphatic rings. The molecule has 0 spiro atoms. The van der Waals surface area contributed by atoms with E-state index < -0.39 is 0 Å². The average molecular weight is 67.1 g/mol. The summed E-state index contributed by atoms with van der Waals surface area (Å²) < 4.78 is 0. The molecule has 0 aromatic rings. The third kappa shape index (κ3) is 0.380. The summed E-state index contributed by atoms with van der Waals surface area (Å²) in [5.74, 6) is 0. The smallest absolute Gasteiger partial charge is 0.0808 e. The van der Waals surface area contributed by atoms with Crippen LogP contribution in [0.4, 0.5) is 0 Å². The summed E-state index contributed by atoms with van der Waals surface area (Å²) in [6, 6.07) is 0. The second kappa shape index (κ2) is 1.07. The summed E-state index contributed by atoms with van der Waals surface area (Å²) >= 11 is 0.